The normalized spacial score (nSPS) is 14.1. The highest BCUT2D eigenvalue weighted by atomic mass is 35.5. The monoisotopic (exact) mass is 208 g/mol. The zero-order valence-corrected chi connectivity index (χ0v) is 8.77. The summed E-state index contributed by atoms with van der Waals surface area (Å²) in [5.41, 5.74) is 3.12. The van der Waals surface area contributed by atoms with E-state index in [1.54, 1.807) is 6.08 Å². The number of rotatable bonds is 2. The van der Waals surface area contributed by atoms with Crippen molar-refractivity contribution < 1.29 is 5.11 Å². The Bertz CT molecular complexity index is 382. The summed E-state index contributed by atoms with van der Waals surface area (Å²) in [6, 6.07) is 1.99. The van der Waals surface area contributed by atoms with Gasteiger partial charge >= 0.3 is 0 Å². The molecule has 1 aromatic carbocycles. The Morgan fingerprint density at radius 2 is 2.29 bits per heavy atom. The molecule has 0 aromatic heterocycles. The van der Waals surface area contributed by atoms with Gasteiger partial charge in [-0.05, 0) is 42.9 Å². The van der Waals surface area contributed by atoms with Gasteiger partial charge in [0, 0.05) is 10.6 Å². The molecule has 0 aliphatic heterocycles. The van der Waals surface area contributed by atoms with Crippen LogP contribution in [0.3, 0.4) is 0 Å². The average molecular weight is 209 g/mol. The summed E-state index contributed by atoms with van der Waals surface area (Å²) in [6.45, 7) is 3.66. The zero-order valence-electron chi connectivity index (χ0n) is 8.02. The van der Waals surface area contributed by atoms with Gasteiger partial charge in [0.05, 0.1) is 0 Å². The van der Waals surface area contributed by atoms with Crippen LogP contribution in [-0.2, 0) is 19.3 Å². The van der Waals surface area contributed by atoms with Crippen LogP contribution in [0.25, 0.3) is 0 Å². The smallest absolute Gasteiger partial charge is 0.124 e. The summed E-state index contributed by atoms with van der Waals surface area (Å²) < 4.78 is 0. The van der Waals surface area contributed by atoms with Crippen molar-refractivity contribution in [3.8, 4) is 5.75 Å². The summed E-state index contributed by atoms with van der Waals surface area (Å²) in [5, 5.41) is 10.7. The largest absolute Gasteiger partial charge is 0.507 e. The lowest BCUT2D eigenvalue weighted by Crippen LogP contribution is -1.91. The molecular formula is C12H13ClO. The number of hydrogen-bond donors (Lipinski definition) is 1. The topological polar surface area (TPSA) is 20.2 Å². The van der Waals surface area contributed by atoms with Crippen molar-refractivity contribution >= 4 is 11.6 Å². The van der Waals surface area contributed by atoms with Crippen molar-refractivity contribution in [2.75, 3.05) is 0 Å². The van der Waals surface area contributed by atoms with Gasteiger partial charge in [-0.1, -0.05) is 17.7 Å². The molecule has 74 valence electrons. The summed E-state index contributed by atoms with van der Waals surface area (Å²) in [4.78, 5) is 0. The third kappa shape index (κ3) is 1.42. The maximum atomic E-state index is 9.99. The molecule has 0 saturated carbocycles. The Morgan fingerprint density at radius 3 is 3.00 bits per heavy atom. The molecule has 0 atom stereocenters. The Labute approximate surface area is 89.0 Å². The summed E-state index contributed by atoms with van der Waals surface area (Å²) >= 11 is 6.08. The van der Waals surface area contributed by atoms with Crippen LogP contribution in [0.2, 0.25) is 5.02 Å². The maximum absolute atomic E-state index is 9.99. The van der Waals surface area contributed by atoms with Gasteiger partial charge in [-0.25, -0.2) is 0 Å². The lowest BCUT2D eigenvalue weighted by Gasteiger charge is -2.10. The first kappa shape index (κ1) is 9.60. The van der Waals surface area contributed by atoms with Crippen molar-refractivity contribution in [2.24, 2.45) is 0 Å². The number of aromatic hydroxyl groups is 1. The van der Waals surface area contributed by atoms with Crippen molar-refractivity contribution in [1.29, 1.82) is 0 Å². The Balaban J connectivity index is 2.56. The van der Waals surface area contributed by atoms with Gasteiger partial charge in [-0.3, -0.25) is 0 Å². The highest BCUT2D eigenvalue weighted by Gasteiger charge is 2.19. The van der Waals surface area contributed by atoms with Crippen LogP contribution in [-0.4, -0.2) is 5.11 Å². The fraction of sp³-hybridized carbons (Fsp3) is 0.333. The van der Waals surface area contributed by atoms with Gasteiger partial charge in [-0.15, -0.1) is 6.58 Å². The molecular weight excluding hydrogens is 196 g/mol. The molecule has 0 bridgehead atoms. The fourth-order valence-corrected chi connectivity index (χ4v) is 2.37. The summed E-state index contributed by atoms with van der Waals surface area (Å²) in [7, 11) is 0. The van der Waals surface area contributed by atoms with E-state index in [0.29, 0.717) is 17.2 Å². The first-order valence-electron chi connectivity index (χ1n) is 4.87. The molecule has 14 heavy (non-hydrogen) atoms. The lowest BCUT2D eigenvalue weighted by atomic mass is 10.0. The first-order chi connectivity index (χ1) is 6.74. The van der Waals surface area contributed by atoms with E-state index in [2.05, 4.69) is 6.58 Å². The minimum absolute atomic E-state index is 0.393. The van der Waals surface area contributed by atoms with Gasteiger partial charge in [-0.2, -0.15) is 0 Å². The predicted molar refractivity (Wildman–Crippen MR) is 59.0 cm³/mol. The lowest BCUT2D eigenvalue weighted by molar-refractivity contribution is 0.463. The SMILES string of the molecule is C=CCc1c(Cl)cc2c(c1O)CCC2. The number of phenolic OH excluding ortho intramolecular Hbond substituents is 1. The molecule has 0 amide bonds. The number of hydrogen-bond acceptors (Lipinski definition) is 1. The summed E-state index contributed by atoms with van der Waals surface area (Å²) in [5.74, 6) is 0.393. The van der Waals surface area contributed by atoms with Gasteiger partial charge < -0.3 is 5.11 Å². The molecule has 1 nitrogen and oxygen atoms in total. The maximum Gasteiger partial charge on any atom is 0.124 e. The number of aryl methyl sites for hydroxylation is 1. The van der Waals surface area contributed by atoms with Crippen LogP contribution in [0.1, 0.15) is 23.1 Å². The molecule has 0 fully saturated rings. The highest BCUT2D eigenvalue weighted by molar-refractivity contribution is 6.31. The van der Waals surface area contributed by atoms with E-state index in [4.69, 9.17) is 11.6 Å². The standard InChI is InChI=1S/C12H13ClO/c1-2-4-10-11(13)7-8-5-3-6-9(8)12(10)14/h2,7,14H,1,3-6H2. The van der Waals surface area contributed by atoms with Crippen LogP contribution < -0.4 is 0 Å². The Morgan fingerprint density at radius 1 is 1.50 bits per heavy atom. The second kappa shape index (κ2) is 3.66. The van der Waals surface area contributed by atoms with E-state index in [0.717, 1.165) is 30.4 Å². The van der Waals surface area contributed by atoms with E-state index in [-0.39, 0.29) is 0 Å². The highest BCUT2D eigenvalue weighted by Crippen LogP contribution is 2.37. The molecule has 0 heterocycles. The number of phenols is 1. The third-order valence-electron chi connectivity index (χ3n) is 2.77. The minimum atomic E-state index is 0.393. The predicted octanol–water partition coefficient (Wildman–Crippen LogP) is 3.26. The second-order valence-corrected chi connectivity index (χ2v) is 4.08. The summed E-state index contributed by atoms with van der Waals surface area (Å²) in [6.07, 6.45) is 5.54. The minimum Gasteiger partial charge on any atom is -0.507 e. The van der Waals surface area contributed by atoms with Crippen LogP contribution in [0.15, 0.2) is 18.7 Å². The van der Waals surface area contributed by atoms with E-state index >= 15 is 0 Å². The van der Waals surface area contributed by atoms with Crippen LogP contribution in [0.5, 0.6) is 5.75 Å². The number of allylic oxidation sites excluding steroid dienone is 1. The van der Waals surface area contributed by atoms with Gasteiger partial charge in [0.15, 0.2) is 0 Å². The van der Waals surface area contributed by atoms with E-state index in [1.165, 1.54) is 5.56 Å². The number of fused-ring (bicyclic) bond motifs is 1. The quantitative estimate of drug-likeness (QED) is 0.740. The van der Waals surface area contributed by atoms with Gasteiger partial charge in [0.25, 0.3) is 0 Å². The van der Waals surface area contributed by atoms with E-state index in [9.17, 15) is 5.11 Å². The number of benzene rings is 1. The van der Waals surface area contributed by atoms with Crippen LogP contribution >= 0.6 is 11.6 Å². The van der Waals surface area contributed by atoms with Crippen molar-refractivity contribution in [2.45, 2.75) is 25.7 Å². The molecule has 1 N–H and O–H groups in total. The second-order valence-electron chi connectivity index (χ2n) is 3.67. The van der Waals surface area contributed by atoms with Gasteiger partial charge in [0.2, 0.25) is 0 Å². The molecule has 0 unspecified atom stereocenters. The molecule has 0 radical (unpaired) electrons. The average Bonchev–Trinajstić information content (AvgIpc) is 2.60. The third-order valence-corrected chi connectivity index (χ3v) is 3.11. The molecule has 1 aromatic rings. The molecule has 1 aliphatic rings. The first-order valence-corrected chi connectivity index (χ1v) is 5.25. The van der Waals surface area contributed by atoms with Crippen molar-refractivity contribution in [3.05, 3.63) is 40.4 Å². The Hall–Kier alpha value is -0.950. The van der Waals surface area contributed by atoms with Crippen LogP contribution in [0, 0.1) is 0 Å². The Kier molecular flexibility index (Phi) is 2.51. The van der Waals surface area contributed by atoms with E-state index < -0.39 is 0 Å². The zero-order chi connectivity index (χ0) is 10.1. The molecule has 0 spiro atoms. The molecule has 2 rings (SSSR count). The van der Waals surface area contributed by atoms with Crippen molar-refractivity contribution in [1.82, 2.24) is 0 Å². The fourth-order valence-electron chi connectivity index (χ4n) is 2.07. The molecule has 2 heteroatoms. The number of halogens is 1. The van der Waals surface area contributed by atoms with Crippen LogP contribution in [0.4, 0.5) is 0 Å². The van der Waals surface area contributed by atoms with Crippen molar-refractivity contribution in [3.63, 3.8) is 0 Å². The molecule has 0 saturated heterocycles. The van der Waals surface area contributed by atoms with E-state index in [1.807, 2.05) is 6.07 Å². The molecule has 1 aliphatic carbocycles. The van der Waals surface area contributed by atoms with Gasteiger partial charge in [0.1, 0.15) is 5.75 Å².